The van der Waals surface area contributed by atoms with Gasteiger partial charge in [0.15, 0.2) is 0 Å². The largest absolute Gasteiger partial charge is 0.481 e. The minimum atomic E-state index is -0.881. The van der Waals surface area contributed by atoms with Gasteiger partial charge in [0.25, 0.3) is 0 Å². The molecular weight excluding hydrogens is 385 g/mol. The van der Waals surface area contributed by atoms with Crippen molar-refractivity contribution in [2.24, 2.45) is 0 Å². The summed E-state index contributed by atoms with van der Waals surface area (Å²) in [6, 6.07) is 0. The van der Waals surface area contributed by atoms with Crippen molar-refractivity contribution in [1.82, 2.24) is 0 Å². The van der Waals surface area contributed by atoms with Gasteiger partial charge in [0, 0.05) is 26.2 Å². The molecule has 0 heterocycles. The fourth-order valence-corrected chi connectivity index (χ4v) is 0. The summed E-state index contributed by atoms with van der Waals surface area (Å²) in [6.45, 7) is 0. The summed E-state index contributed by atoms with van der Waals surface area (Å²) >= 11 is 6.83. The van der Waals surface area contributed by atoms with Crippen molar-refractivity contribution in [2.75, 3.05) is 11.5 Å². The quantitative estimate of drug-likeness (QED) is 0.381. The summed E-state index contributed by atoms with van der Waals surface area (Å²) in [6.07, 6.45) is 0. The first-order valence-corrected chi connectivity index (χ1v) is 3.46. The van der Waals surface area contributed by atoms with Gasteiger partial charge in [-0.25, -0.2) is 0 Å². The maximum absolute atomic E-state index is 9.29. The number of aliphatic carboxylic acids is 2. The van der Waals surface area contributed by atoms with E-state index in [4.69, 9.17) is 10.2 Å². The molecule has 0 amide bonds. The summed E-state index contributed by atoms with van der Waals surface area (Å²) in [7, 11) is 0. The fourth-order valence-electron chi connectivity index (χ4n) is 0. The molecule has 0 saturated heterocycles. The van der Waals surface area contributed by atoms with Crippen molar-refractivity contribution in [3.05, 3.63) is 0 Å². The normalized spacial score (nSPS) is 6.73. The number of carboxylic acids is 2. The van der Waals surface area contributed by atoms with Crippen LogP contribution in [0.25, 0.3) is 0 Å². The molecule has 0 aromatic rings. The second-order valence-corrected chi connectivity index (χ2v) is 1.74. The Morgan fingerprint density at radius 1 is 1.00 bits per heavy atom. The third-order valence-electron chi connectivity index (χ3n) is 0.271. The molecule has 0 fully saturated rings. The number of carboxylic acid groups (broad SMARTS) is 2. The van der Waals surface area contributed by atoms with Gasteiger partial charge < -0.3 is 10.2 Å². The van der Waals surface area contributed by atoms with Crippen molar-refractivity contribution >= 4 is 63.4 Å². The van der Waals surface area contributed by atoms with Gasteiger partial charge in [-0.05, 0) is 0 Å². The van der Waals surface area contributed by atoms with Crippen LogP contribution in [0.4, 0.5) is 0 Å². The van der Waals surface area contributed by atoms with E-state index in [9.17, 15) is 9.59 Å². The van der Waals surface area contributed by atoms with Crippen LogP contribution in [0.1, 0.15) is 0 Å². The van der Waals surface area contributed by atoms with E-state index in [2.05, 4.69) is 25.3 Å². The molecule has 0 spiro atoms. The average molecular weight is 393 g/mol. The van der Waals surface area contributed by atoms with Gasteiger partial charge in [-0.1, -0.05) is 0 Å². The van der Waals surface area contributed by atoms with Crippen LogP contribution >= 0.6 is 25.3 Å². The van der Waals surface area contributed by atoms with Gasteiger partial charge >= 0.3 is 11.9 Å². The van der Waals surface area contributed by atoms with Gasteiger partial charge in [0.05, 0.1) is 11.5 Å². The Bertz CT molecular complexity index is 105. The zero-order chi connectivity index (χ0) is 8.57. The average Bonchev–Trinajstić information content (AvgIpc) is 1.89. The van der Waals surface area contributed by atoms with Gasteiger partial charge in [-0.15, -0.1) is 0 Å². The Hall–Kier alpha value is 0.523. The molecule has 11 heavy (non-hydrogen) atoms. The fraction of sp³-hybridized carbons (Fsp3) is 0.500. The van der Waals surface area contributed by atoms with Crippen LogP contribution in [0.2, 0.25) is 0 Å². The first kappa shape index (κ1) is 17.6. The standard InChI is InChI=1S/2C2H4O2S.Bi/c2*3-2(4)1-5;/h2*5H,1H2,(H,3,4);. The topological polar surface area (TPSA) is 74.6 Å². The van der Waals surface area contributed by atoms with Crippen LogP contribution in [0.15, 0.2) is 0 Å². The Balaban J connectivity index is -0.000000107. The molecule has 3 radical (unpaired) electrons. The summed E-state index contributed by atoms with van der Waals surface area (Å²) < 4.78 is 0. The number of carbonyl (C=O) groups is 2. The van der Waals surface area contributed by atoms with E-state index in [1.54, 1.807) is 0 Å². The predicted molar refractivity (Wildman–Crippen MR) is 48.7 cm³/mol. The number of rotatable bonds is 2. The second-order valence-electron chi connectivity index (χ2n) is 1.10. The van der Waals surface area contributed by atoms with E-state index in [1.807, 2.05) is 0 Å². The minimum Gasteiger partial charge on any atom is -0.481 e. The summed E-state index contributed by atoms with van der Waals surface area (Å²) in [5.41, 5.74) is 0. The smallest absolute Gasteiger partial charge is 0.313 e. The van der Waals surface area contributed by atoms with Crippen molar-refractivity contribution in [2.45, 2.75) is 0 Å². The van der Waals surface area contributed by atoms with Crippen LogP contribution in [-0.4, -0.2) is 59.9 Å². The third kappa shape index (κ3) is 37.4. The molecule has 0 aliphatic carbocycles. The molecule has 0 bridgehead atoms. The van der Waals surface area contributed by atoms with Gasteiger partial charge in [-0.2, -0.15) is 25.3 Å². The molecular formula is C4H8BiO4S2. The van der Waals surface area contributed by atoms with E-state index < -0.39 is 11.9 Å². The molecule has 7 heteroatoms. The number of thiol groups is 2. The number of hydrogen-bond acceptors (Lipinski definition) is 4. The summed E-state index contributed by atoms with van der Waals surface area (Å²) in [5, 5.41) is 15.3. The second kappa shape index (κ2) is 13.1. The van der Waals surface area contributed by atoms with Crippen LogP contribution < -0.4 is 0 Å². The molecule has 0 aliphatic rings. The Morgan fingerprint density at radius 3 is 1.09 bits per heavy atom. The summed E-state index contributed by atoms with van der Waals surface area (Å²) in [5.74, 6) is -1.93. The van der Waals surface area contributed by atoms with E-state index >= 15 is 0 Å². The van der Waals surface area contributed by atoms with E-state index in [-0.39, 0.29) is 37.7 Å². The SMILES string of the molecule is O=C(O)CS.O=C(O)CS.[Bi]. The first-order chi connectivity index (χ1) is 4.54. The van der Waals surface area contributed by atoms with Crippen molar-refractivity contribution in [1.29, 1.82) is 0 Å². The minimum absolute atomic E-state index is 0. The summed E-state index contributed by atoms with van der Waals surface area (Å²) in [4.78, 5) is 18.6. The molecule has 0 saturated carbocycles. The van der Waals surface area contributed by atoms with Crippen molar-refractivity contribution < 1.29 is 19.8 Å². The van der Waals surface area contributed by atoms with Gasteiger partial charge in [0.2, 0.25) is 0 Å². The maximum Gasteiger partial charge on any atom is 0.313 e. The molecule has 0 rings (SSSR count). The molecule has 65 valence electrons. The zero-order valence-electron chi connectivity index (χ0n) is 5.47. The van der Waals surface area contributed by atoms with Crippen molar-refractivity contribution in [3.8, 4) is 0 Å². The van der Waals surface area contributed by atoms with Gasteiger partial charge in [0.1, 0.15) is 0 Å². The molecule has 0 atom stereocenters. The van der Waals surface area contributed by atoms with E-state index in [0.29, 0.717) is 0 Å². The van der Waals surface area contributed by atoms with Crippen LogP contribution in [0.3, 0.4) is 0 Å². The first-order valence-electron chi connectivity index (χ1n) is 2.20. The third-order valence-corrected chi connectivity index (χ3v) is 0.812. The molecule has 0 aliphatic heterocycles. The van der Waals surface area contributed by atoms with Crippen LogP contribution in [0, 0.1) is 0 Å². The number of hydrogen-bond donors (Lipinski definition) is 4. The Kier molecular flexibility index (Phi) is 21.0. The Morgan fingerprint density at radius 2 is 1.09 bits per heavy atom. The molecule has 2 N–H and O–H groups in total. The van der Waals surface area contributed by atoms with E-state index in [1.165, 1.54) is 0 Å². The van der Waals surface area contributed by atoms with Crippen LogP contribution in [-0.2, 0) is 9.59 Å². The molecule has 4 nitrogen and oxygen atoms in total. The monoisotopic (exact) mass is 393 g/mol. The van der Waals surface area contributed by atoms with E-state index in [0.717, 1.165) is 0 Å². The van der Waals surface area contributed by atoms with Crippen molar-refractivity contribution in [3.63, 3.8) is 0 Å². The predicted octanol–water partition coefficient (Wildman–Crippen LogP) is -0.379. The Labute approximate surface area is 94.3 Å². The molecule has 0 aromatic carbocycles. The molecule has 0 aromatic heterocycles. The van der Waals surface area contributed by atoms with Crippen LogP contribution in [0.5, 0.6) is 0 Å². The molecule has 0 unspecified atom stereocenters. The zero-order valence-corrected chi connectivity index (χ0v) is 10.7. The maximum atomic E-state index is 9.29. The van der Waals surface area contributed by atoms with Gasteiger partial charge in [-0.3, -0.25) is 9.59 Å².